The summed E-state index contributed by atoms with van der Waals surface area (Å²) >= 11 is 0. The van der Waals surface area contributed by atoms with Gasteiger partial charge in [-0.25, -0.2) is 0 Å². The molecular formula is C19H31NO. The Morgan fingerprint density at radius 1 is 1.14 bits per heavy atom. The Labute approximate surface area is 130 Å². The molecule has 1 aliphatic rings. The van der Waals surface area contributed by atoms with Crippen LogP contribution in [0.5, 0.6) is 0 Å². The van der Waals surface area contributed by atoms with Crippen LogP contribution in [0.4, 0.5) is 0 Å². The van der Waals surface area contributed by atoms with Crippen molar-refractivity contribution in [2.75, 3.05) is 6.54 Å². The minimum atomic E-state index is 0.476. The highest BCUT2D eigenvalue weighted by Crippen LogP contribution is 2.26. The van der Waals surface area contributed by atoms with Gasteiger partial charge in [-0.3, -0.25) is 0 Å². The third-order valence-electron chi connectivity index (χ3n) is 4.36. The van der Waals surface area contributed by atoms with Gasteiger partial charge in [0.1, 0.15) is 0 Å². The van der Waals surface area contributed by atoms with Crippen molar-refractivity contribution in [1.29, 1.82) is 0 Å². The van der Waals surface area contributed by atoms with E-state index in [0.29, 0.717) is 12.1 Å². The summed E-state index contributed by atoms with van der Waals surface area (Å²) in [4.78, 5) is 0. The summed E-state index contributed by atoms with van der Waals surface area (Å²) in [5.74, 6) is 0.833. The molecule has 1 N–H and O–H groups in total. The molecule has 0 aliphatic heterocycles. The number of ether oxygens (including phenoxy) is 1. The second-order valence-corrected chi connectivity index (χ2v) is 6.88. The summed E-state index contributed by atoms with van der Waals surface area (Å²) in [6.07, 6.45) is 6.75. The lowest BCUT2D eigenvalue weighted by atomic mass is 9.89. The van der Waals surface area contributed by atoms with E-state index < -0.39 is 0 Å². The Bertz CT molecular complexity index is 399. The van der Waals surface area contributed by atoms with Gasteiger partial charge in [0.05, 0.1) is 12.7 Å². The van der Waals surface area contributed by atoms with Crippen LogP contribution in [0.1, 0.15) is 57.6 Å². The monoisotopic (exact) mass is 289 g/mol. The minimum absolute atomic E-state index is 0.476. The van der Waals surface area contributed by atoms with E-state index in [-0.39, 0.29) is 0 Å². The first-order valence-corrected chi connectivity index (χ1v) is 8.56. The molecule has 2 nitrogen and oxygen atoms in total. The summed E-state index contributed by atoms with van der Waals surface area (Å²) in [6, 6.07) is 9.48. The Hall–Kier alpha value is -0.860. The van der Waals surface area contributed by atoms with Crippen molar-refractivity contribution in [2.24, 2.45) is 5.92 Å². The molecule has 0 aromatic heterocycles. The molecule has 1 aromatic carbocycles. The quantitative estimate of drug-likeness (QED) is 0.807. The van der Waals surface area contributed by atoms with E-state index in [2.05, 4.69) is 50.4 Å². The predicted octanol–water partition coefficient (Wildman–Crippen LogP) is 4.32. The highest BCUT2D eigenvalue weighted by molar-refractivity contribution is 5.22. The molecule has 1 fully saturated rings. The first kappa shape index (κ1) is 16.5. The van der Waals surface area contributed by atoms with Gasteiger partial charge in [-0.05, 0) is 42.9 Å². The van der Waals surface area contributed by atoms with E-state index in [1.165, 1.54) is 36.8 Å². The molecule has 0 heterocycles. The molecule has 1 aromatic rings. The molecule has 0 radical (unpaired) electrons. The summed E-state index contributed by atoms with van der Waals surface area (Å²) in [6.45, 7) is 8.53. The summed E-state index contributed by atoms with van der Waals surface area (Å²) in [7, 11) is 0. The van der Waals surface area contributed by atoms with Crippen LogP contribution in [-0.4, -0.2) is 18.7 Å². The van der Waals surface area contributed by atoms with Crippen LogP contribution in [0, 0.1) is 5.92 Å². The lowest BCUT2D eigenvalue weighted by molar-refractivity contribution is 0.00466. The zero-order valence-corrected chi connectivity index (χ0v) is 13.9. The zero-order valence-electron chi connectivity index (χ0n) is 13.9. The van der Waals surface area contributed by atoms with Gasteiger partial charge in [0.15, 0.2) is 0 Å². The van der Waals surface area contributed by atoms with Crippen LogP contribution in [0.15, 0.2) is 24.3 Å². The van der Waals surface area contributed by atoms with Gasteiger partial charge in [-0.2, -0.15) is 0 Å². The number of hydrogen-bond acceptors (Lipinski definition) is 2. The number of benzene rings is 1. The Kier molecular flexibility index (Phi) is 6.72. The summed E-state index contributed by atoms with van der Waals surface area (Å²) in [5.41, 5.74) is 2.70. The molecule has 0 spiro atoms. The first-order chi connectivity index (χ1) is 10.1. The summed E-state index contributed by atoms with van der Waals surface area (Å²) < 4.78 is 6.08. The Morgan fingerprint density at radius 2 is 1.86 bits per heavy atom. The number of hydrogen-bond donors (Lipinski definition) is 1. The highest BCUT2D eigenvalue weighted by Gasteiger charge is 2.19. The van der Waals surface area contributed by atoms with Crippen molar-refractivity contribution in [2.45, 2.75) is 71.6 Å². The van der Waals surface area contributed by atoms with Crippen LogP contribution < -0.4 is 5.32 Å². The maximum absolute atomic E-state index is 6.08. The second kappa shape index (κ2) is 8.55. The first-order valence-electron chi connectivity index (χ1n) is 8.56. The van der Waals surface area contributed by atoms with E-state index in [0.717, 1.165) is 25.5 Å². The maximum Gasteiger partial charge on any atom is 0.0720 e. The fourth-order valence-electron chi connectivity index (χ4n) is 3.05. The fraction of sp³-hybridized carbons (Fsp3) is 0.684. The van der Waals surface area contributed by atoms with Crippen LogP contribution >= 0.6 is 0 Å². The molecule has 0 saturated heterocycles. The van der Waals surface area contributed by atoms with Crippen molar-refractivity contribution >= 4 is 0 Å². The smallest absolute Gasteiger partial charge is 0.0720 e. The van der Waals surface area contributed by atoms with Crippen molar-refractivity contribution in [3.63, 3.8) is 0 Å². The van der Waals surface area contributed by atoms with Crippen molar-refractivity contribution in [3.8, 4) is 0 Å². The van der Waals surface area contributed by atoms with Gasteiger partial charge < -0.3 is 10.1 Å². The lowest BCUT2D eigenvalue weighted by Gasteiger charge is -2.26. The molecular weight excluding hydrogens is 258 g/mol. The molecule has 1 aliphatic carbocycles. The molecule has 1 saturated carbocycles. The summed E-state index contributed by atoms with van der Waals surface area (Å²) in [5, 5.41) is 3.46. The number of nitrogens with one attached hydrogen (secondary N) is 1. The fourth-order valence-corrected chi connectivity index (χ4v) is 3.05. The van der Waals surface area contributed by atoms with Crippen LogP contribution in [0.3, 0.4) is 0 Å². The minimum Gasteiger partial charge on any atom is -0.374 e. The molecule has 2 rings (SSSR count). The van der Waals surface area contributed by atoms with Gasteiger partial charge in [0, 0.05) is 6.04 Å². The molecule has 118 valence electrons. The van der Waals surface area contributed by atoms with Crippen molar-refractivity contribution in [1.82, 2.24) is 5.32 Å². The average Bonchev–Trinajstić information content (AvgIpc) is 2.46. The SMILES string of the molecule is CC1CCCC(OCc2ccc(CCNC(C)C)cc2)C1. The van der Waals surface area contributed by atoms with E-state index in [9.17, 15) is 0 Å². The molecule has 2 heteroatoms. The van der Waals surface area contributed by atoms with Gasteiger partial charge >= 0.3 is 0 Å². The zero-order chi connectivity index (χ0) is 15.1. The lowest BCUT2D eigenvalue weighted by Crippen LogP contribution is -2.24. The van der Waals surface area contributed by atoms with Crippen LogP contribution in [-0.2, 0) is 17.8 Å². The molecule has 0 bridgehead atoms. The molecule has 2 unspecified atom stereocenters. The van der Waals surface area contributed by atoms with Gasteiger partial charge in [-0.15, -0.1) is 0 Å². The highest BCUT2D eigenvalue weighted by atomic mass is 16.5. The van der Waals surface area contributed by atoms with Crippen molar-refractivity contribution in [3.05, 3.63) is 35.4 Å². The molecule has 21 heavy (non-hydrogen) atoms. The van der Waals surface area contributed by atoms with Crippen molar-refractivity contribution < 1.29 is 4.74 Å². The van der Waals surface area contributed by atoms with Gasteiger partial charge in [0.2, 0.25) is 0 Å². The Morgan fingerprint density at radius 3 is 2.52 bits per heavy atom. The Balaban J connectivity index is 1.71. The molecule has 2 atom stereocenters. The third-order valence-corrected chi connectivity index (χ3v) is 4.36. The second-order valence-electron chi connectivity index (χ2n) is 6.88. The number of rotatable bonds is 7. The maximum atomic E-state index is 6.08. The average molecular weight is 289 g/mol. The predicted molar refractivity (Wildman–Crippen MR) is 89.5 cm³/mol. The standard InChI is InChI=1S/C19H31NO/c1-15(2)20-12-11-17-7-9-18(10-8-17)14-21-19-6-4-5-16(3)13-19/h7-10,15-16,19-20H,4-6,11-14H2,1-3H3. The van der Waals surface area contributed by atoms with Gasteiger partial charge in [0.25, 0.3) is 0 Å². The van der Waals surface area contributed by atoms with Gasteiger partial charge in [-0.1, -0.05) is 57.9 Å². The van der Waals surface area contributed by atoms with Crippen LogP contribution in [0.25, 0.3) is 0 Å². The normalized spacial score (nSPS) is 22.7. The largest absolute Gasteiger partial charge is 0.374 e. The third kappa shape index (κ3) is 6.19. The topological polar surface area (TPSA) is 21.3 Å². The van der Waals surface area contributed by atoms with E-state index >= 15 is 0 Å². The van der Waals surface area contributed by atoms with E-state index in [1.807, 2.05) is 0 Å². The molecule has 0 amide bonds. The van der Waals surface area contributed by atoms with E-state index in [1.54, 1.807) is 0 Å². The van der Waals surface area contributed by atoms with Crippen LogP contribution in [0.2, 0.25) is 0 Å². The van der Waals surface area contributed by atoms with E-state index in [4.69, 9.17) is 4.74 Å².